The zero-order valence-electron chi connectivity index (χ0n) is 13.1. The van der Waals surface area contributed by atoms with E-state index >= 15 is 0 Å². The lowest BCUT2D eigenvalue weighted by atomic mass is 10.1. The van der Waals surface area contributed by atoms with Crippen LogP contribution in [0.1, 0.15) is 17.2 Å². The number of rotatable bonds is 6. The Morgan fingerprint density at radius 1 is 1.09 bits per heavy atom. The molecule has 0 saturated heterocycles. The van der Waals surface area contributed by atoms with Crippen LogP contribution in [0.15, 0.2) is 53.4 Å². The fourth-order valence-corrected chi connectivity index (χ4v) is 2.93. The van der Waals surface area contributed by atoms with E-state index in [2.05, 4.69) is 0 Å². The summed E-state index contributed by atoms with van der Waals surface area (Å²) < 4.78 is 35.7. The summed E-state index contributed by atoms with van der Waals surface area (Å²) in [5.41, 5.74) is 1.61. The van der Waals surface area contributed by atoms with Crippen LogP contribution >= 0.6 is 0 Å². The molecule has 0 heterocycles. The molecule has 0 radical (unpaired) electrons. The molecule has 1 unspecified atom stereocenters. The molecule has 0 aliphatic rings. The summed E-state index contributed by atoms with van der Waals surface area (Å²) in [7, 11) is -1.38. The Morgan fingerprint density at radius 3 is 2.17 bits per heavy atom. The molecule has 23 heavy (non-hydrogen) atoms. The number of benzene rings is 2. The van der Waals surface area contributed by atoms with Crippen molar-refractivity contribution in [2.75, 3.05) is 19.8 Å². The number of aliphatic hydroxyl groups excluding tert-OH is 1. The zero-order valence-corrected chi connectivity index (χ0v) is 13.9. The zero-order chi connectivity index (χ0) is 17.0. The highest BCUT2D eigenvalue weighted by atomic mass is 32.2. The molecule has 0 amide bonds. The molecule has 2 aromatic rings. The summed E-state index contributed by atoms with van der Waals surface area (Å²) in [5, 5.41) is 10.3. The minimum atomic E-state index is -3.24. The molecule has 6 heteroatoms. The molecule has 124 valence electrons. The maximum Gasteiger partial charge on any atom is 0.175 e. The fourth-order valence-electron chi connectivity index (χ4n) is 2.30. The summed E-state index contributed by atoms with van der Waals surface area (Å²) in [5.74, 6) is -0.276. The van der Waals surface area contributed by atoms with E-state index in [1.54, 1.807) is 24.3 Å². The summed E-state index contributed by atoms with van der Waals surface area (Å²) in [6, 6.07) is 12.5. The first kappa shape index (κ1) is 17.6. The van der Waals surface area contributed by atoms with Crippen molar-refractivity contribution in [3.63, 3.8) is 0 Å². The van der Waals surface area contributed by atoms with Crippen LogP contribution in [0.5, 0.6) is 0 Å². The van der Waals surface area contributed by atoms with Crippen molar-refractivity contribution >= 4 is 9.84 Å². The average molecular weight is 337 g/mol. The van der Waals surface area contributed by atoms with Gasteiger partial charge in [-0.1, -0.05) is 24.3 Å². The van der Waals surface area contributed by atoms with Crippen LogP contribution in [0.25, 0.3) is 0 Å². The molecule has 0 aromatic heterocycles. The number of halogens is 1. The SMILES string of the molecule is CN(Cc1ccc(F)cc1)CC(O)c1ccc(S(C)(=O)=O)cc1. The van der Waals surface area contributed by atoms with Gasteiger partial charge in [-0.05, 0) is 42.4 Å². The van der Waals surface area contributed by atoms with Gasteiger partial charge < -0.3 is 5.11 Å². The predicted octanol–water partition coefficient (Wildman–Crippen LogP) is 2.39. The summed E-state index contributed by atoms with van der Waals surface area (Å²) in [6.45, 7) is 0.967. The molecular formula is C17H20FNO3S. The number of sulfone groups is 1. The average Bonchev–Trinajstić information content (AvgIpc) is 2.49. The second-order valence-electron chi connectivity index (χ2n) is 5.68. The Bertz CT molecular complexity index is 742. The first-order valence-electron chi connectivity index (χ1n) is 7.17. The topological polar surface area (TPSA) is 57.6 Å². The van der Waals surface area contributed by atoms with Crippen LogP contribution < -0.4 is 0 Å². The van der Waals surface area contributed by atoms with Gasteiger partial charge in [0.05, 0.1) is 11.0 Å². The van der Waals surface area contributed by atoms with E-state index in [0.717, 1.165) is 11.8 Å². The molecule has 4 nitrogen and oxygen atoms in total. The third kappa shape index (κ3) is 5.13. The van der Waals surface area contributed by atoms with Gasteiger partial charge in [-0.3, -0.25) is 4.90 Å². The first-order chi connectivity index (χ1) is 10.8. The van der Waals surface area contributed by atoms with Crippen molar-refractivity contribution in [2.24, 2.45) is 0 Å². The van der Waals surface area contributed by atoms with Crippen LogP contribution in [-0.2, 0) is 16.4 Å². The van der Waals surface area contributed by atoms with Gasteiger partial charge in [0.15, 0.2) is 9.84 Å². The van der Waals surface area contributed by atoms with Crippen molar-refractivity contribution in [3.8, 4) is 0 Å². The molecule has 0 saturated carbocycles. The van der Waals surface area contributed by atoms with Gasteiger partial charge in [0, 0.05) is 19.3 Å². The molecule has 0 fully saturated rings. The highest BCUT2D eigenvalue weighted by molar-refractivity contribution is 7.90. The monoisotopic (exact) mass is 337 g/mol. The van der Waals surface area contributed by atoms with Crippen molar-refractivity contribution < 1.29 is 17.9 Å². The Labute approximate surface area is 136 Å². The fraction of sp³-hybridized carbons (Fsp3) is 0.294. The largest absolute Gasteiger partial charge is 0.387 e. The van der Waals surface area contributed by atoms with E-state index in [4.69, 9.17) is 0 Å². The first-order valence-corrected chi connectivity index (χ1v) is 9.06. The molecule has 2 rings (SSSR count). The Hall–Kier alpha value is -1.76. The van der Waals surface area contributed by atoms with Crippen molar-refractivity contribution in [1.82, 2.24) is 4.90 Å². The van der Waals surface area contributed by atoms with Crippen LogP contribution in [0.3, 0.4) is 0 Å². The van der Waals surface area contributed by atoms with Crippen LogP contribution in [-0.4, -0.2) is 38.3 Å². The Balaban J connectivity index is 1.97. The maximum atomic E-state index is 12.9. The molecule has 0 aliphatic heterocycles. The van der Waals surface area contributed by atoms with Crippen LogP contribution in [0.2, 0.25) is 0 Å². The number of nitrogens with zero attached hydrogens (tertiary/aromatic N) is 1. The van der Waals surface area contributed by atoms with E-state index < -0.39 is 15.9 Å². The smallest absolute Gasteiger partial charge is 0.175 e. The minimum Gasteiger partial charge on any atom is -0.387 e. The predicted molar refractivity (Wildman–Crippen MR) is 87.2 cm³/mol. The summed E-state index contributed by atoms with van der Waals surface area (Å²) in [4.78, 5) is 2.15. The van der Waals surface area contributed by atoms with Gasteiger partial charge in [0.1, 0.15) is 5.82 Å². The standard InChI is InChI=1S/C17H20FNO3S/c1-19(11-13-3-7-15(18)8-4-13)12-17(20)14-5-9-16(10-6-14)23(2,21)22/h3-10,17,20H,11-12H2,1-2H3. The van der Waals surface area contributed by atoms with E-state index in [0.29, 0.717) is 18.7 Å². The van der Waals surface area contributed by atoms with E-state index in [1.807, 2.05) is 11.9 Å². The molecule has 0 bridgehead atoms. The lowest BCUT2D eigenvalue weighted by Crippen LogP contribution is -2.24. The second-order valence-corrected chi connectivity index (χ2v) is 7.70. The van der Waals surface area contributed by atoms with E-state index in [1.165, 1.54) is 24.3 Å². The molecule has 0 aliphatic carbocycles. The quantitative estimate of drug-likeness (QED) is 0.879. The van der Waals surface area contributed by atoms with Gasteiger partial charge in [0.25, 0.3) is 0 Å². The maximum absolute atomic E-state index is 12.9. The Kier molecular flexibility index (Phi) is 5.51. The Morgan fingerprint density at radius 2 is 1.65 bits per heavy atom. The van der Waals surface area contributed by atoms with Crippen LogP contribution in [0, 0.1) is 5.82 Å². The van der Waals surface area contributed by atoms with E-state index in [-0.39, 0.29) is 10.7 Å². The van der Waals surface area contributed by atoms with Crippen molar-refractivity contribution in [2.45, 2.75) is 17.5 Å². The summed E-state index contributed by atoms with van der Waals surface area (Å²) in [6.07, 6.45) is 0.420. The van der Waals surface area contributed by atoms with Gasteiger partial charge in [-0.25, -0.2) is 12.8 Å². The highest BCUT2D eigenvalue weighted by Crippen LogP contribution is 2.18. The lowest BCUT2D eigenvalue weighted by Gasteiger charge is -2.21. The van der Waals surface area contributed by atoms with Gasteiger partial charge in [-0.15, -0.1) is 0 Å². The second kappa shape index (κ2) is 7.21. The van der Waals surface area contributed by atoms with Gasteiger partial charge in [-0.2, -0.15) is 0 Å². The minimum absolute atomic E-state index is 0.230. The molecule has 0 spiro atoms. The molecule has 1 N–H and O–H groups in total. The normalized spacial score (nSPS) is 13.3. The number of aliphatic hydroxyl groups is 1. The van der Waals surface area contributed by atoms with Crippen LogP contribution in [0.4, 0.5) is 4.39 Å². The van der Waals surface area contributed by atoms with Gasteiger partial charge >= 0.3 is 0 Å². The van der Waals surface area contributed by atoms with Gasteiger partial charge in [0.2, 0.25) is 0 Å². The number of hydrogen-bond acceptors (Lipinski definition) is 4. The summed E-state index contributed by atoms with van der Waals surface area (Å²) >= 11 is 0. The number of likely N-dealkylation sites (N-methyl/N-ethyl adjacent to an activating group) is 1. The number of hydrogen-bond donors (Lipinski definition) is 1. The molecular weight excluding hydrogens is 317 g/mol. The third-order valence-corrected chi connectivity index (χ3v) is 4.67. The highest BCUT2D eigenvalue weighted by Gasteiger charge is 2.13. The van der Waals surface area contributed by atoms with Crippen molar-refractivity contribution in [3.05, 3.63) is 65.5 Å². The van der Waals surface area contributed by atoms with Crippen molar-refractivity contribution in [1.29, 1.82) is 0 Å². The van der Waals surface area contributed by atoms with E-state index in [9.17, 15) is 17.9 Å². The lowest BCUT2D eigenvalue weighted by molar-refractivity contribution is 0.124. The molecule has 1 atom stereocenters. The third-order valence-electron chi connectivity index (χ3n) is 3.54. The molecule has 2 aromatic carbocycles.